The number of hydrazone groups is 1. The Morgan fingerprint density at radius 2 is 2.54 bits per heavy atom. The van der Waals surface area contributed by atoms with Gasteiger partial charge >= 0.3 is 6.09 Å². The van der Waals surface area contributed by atoms with Gasteiger partial charge in [-0.3, -0.25) is 0 Å². The van der Waals surface area contributed by atoms with Crippen LogP contribution in [0.3, 0.4) is 0 Å². The van der Waals surface area contributed by atoms with Crippen LogP contribution in [0.15, 0.2) is 5.10 Å². The minimum atomic E-state index is -0.324. The molecular formula is C9H16N2O2. The van der Waals surface area contributed by atoms with Gasteiger partial charge in [-0.15, -0.1) is 0 Å². The molecule has 0 spiro atoms. The highest BCUT2D eigenvalue weighted by Crippen LogP contribution is 2.11. The molecule has 0 saturated carbocycles. The fraction of sp³-hybridized carbons (Fsp3) is 0.778. The molecule has 13 heavy (non-hydrogen) atoms. The summed E-state index contributed by atoms with van der Waals surface area (Å²) in [4.78, 5) is 11.3. The lowest BCUT2D eigenvalue weighted by Gasteiger charge is -2.17. The Morgan fingerprint density at radius 3 is 3.08 bits per heavy atom. The van der Waals surface area contributed by atoms with Crippen LogP contribution in [0.5, 0.6) is 0 Å². The number of hydrogen-bond donors (Lipinski definition) is 0. The number of carbonyl (C=O) groups excluding carboxylic acids is 1. The van der Waals surface area contributed by atoms with Crippen molar-refractivity contribution in [2.24, 2.45) is 5.10 Å². The molecule has 1 aliphatic rings. The number of ether oxygens (including phenoxy) is 1. The number of nitrogens with zero attached hydrogens (tertiary/aromatic N) is 2. The summed E-state index contributed by atoms with van der Waals surface area (Å²) in [6, 6.07) is 0.147. The molecule has 4 nitrogen and oxygen atoms in total. The van der Waals surface area contributed by atoms with Crippen LogP contribution in [0.2, 0.25) is 0 Å². The quantitative estimate of drug-likeness (QED) is 0.629. The molecule has 0 aromatic heterocycles. The predicted molar refractivity (Wildman–Crippen MR) is 50.7 cm³/mol. The lowest BCUT2D eigenvalue weighted by atomic mass is 10.3. The summed E-state index contributed by atoms with van der Waals surface area (Å²) < 4.78 is 5.01. The van der Waals surface area contributed by atoms with Crippen LogP contribution in [0.1, 0.15) is 33.1 Å². The van der Waals surface area contributed by atoms with Crippen LogP contribution in [0, 0.1) is 0 Å². The van der Waals surface area contributed by atoms with Crippen molar-refractivity contribution in [1.82, 2.24) is 5.01 Å². The van der Waals surface area contributed by atoms with Crippen molar-refractivity contribution in [3.8, 4) is 0 Å². The minimum Gasteiger partial charge on any atom is -0.448 e. The second-order valence-corrected chi connectivity index (χ2v) is 3.20. The van der Waals surface area contributed by atoms with Gasteiger partial charge in [0.15, 0.2) is 0 Å². The third kappa shape index (κ3) is 2.72. The number of unbranched alkanes of at least 4 members (excludes halogenated alkanes) is 1. The fourth-order valence-corrected chi connectivity index (χ4v) is 1.10. The zero-order valence-electron chi connectivity index (χ0n) is 8.19. The van der Waals surface area contributed by atoms with Crippen molar-refractivity contribution in [2.45, 2.75) is 39.2 Å². The van der Waals surface area contributed by atoms with Gasteiger partial charge in [0.2, 0.25) is 0 Å². The molecular weight excluding hydrogens is 168 g/mol. The summed E-state index contributed by atoms with van der Waals surface area (Å²) in [5, 5.41) is 5.33. The summed E-state index contributed by atoms with van der Waals surface area (Å²) >= 11 is 0. The second-order valence-electron chi connectivity index (χ2n) is 3.20. The second kappa shape index (κ2) is 4.84. The molecule has 74 valence electrons. The maximum Gasteiger partial charge on any atom is 0.430 e. The molecule has 0 aromatic carbocycles. The van der Waals surface area contributed by atoms with Gasteiger partial charge in [0.05, 0.1) is 12.6 Å². The molecule has 0 aromatic rings. The molecule has 0 radical (unpaired) electrons. The summed E-state index contributed by atoms with van der Waals surface area (Å²) in [5.74, 6) is 0. The van der Waals surface area contributed by atoms with Gasteiger partial charge < -0.3 is 4.74 Å². The van der Waals surface area contributed by atoms with E-state index in [1.165, 1.54) is 5.01 Å². The van der Waals surface area contributed by atoms with E-state index in [1.54, 1.807) is 6.21 Å². The average Bonchev–Trinajstić information content (AvgIpc) is 2.52. The van der Waals surface area contributed by atoms with Crippen molar-refractivity contribution < 1.29 is 9.53 Å². The number of rotatable bonds is 3. The van der Waals surface area contributed by atoms with Crippen LogP contribution in [0.4, 0.5) is 4.79 Å². The predicted octanol–water partition coefficient (Wildman–Crippen LogP) is 2.00. The van der Waals surface area contributed by atoms with Gasteiger partial charge in [0.1, 0.15) is 0 Å². The standard InChI is InChI=1S/C9H16N2O2/c1-3-4-7-13-9(12)11-8(2)5-6-10-11/h6,8H,3-5,7H2,1-2H3. The zero-order chi connectivity index (χ0) is 9.68. The van der Waals surface area contributed by atoms with Gasteiger partial charge in [-0.25, -0.2) is 4.79 Å². The van der Waals surface area contributed by atoms with Gasteiger partial charge in [-0.05, 0) is 13.3 Å². The number of hydrogen-bond acceptors (Lipinski definition) is 3. The first kappa shape index (κ1) is 10.0. The van der Waals surface area contributed by atoms with Crippen molar-refractivity contribution in [3.63, 3.8) is 0 Å². The summed E-state index contributed by atoms with van der Waals surface area (Å²) in [5.41, 5.74) is 0. The first-order valence-electron chi connectivity index (χ1n) is 4.74. The van der Waals surface area contributed by atoms with E-state index < -0.39 is 0 Å². The van der Waals surface area contributed by atoms with E-state index in [0.29, 0.717) is 6.61 Å². The van der Waals surface area contributed by atoms with Crippen molar-refractivity contribution >= 4 is 12.3 Å². The highest BCUT2D eigenvalue weighted by molar-refractivity contribution is 5.73. The number of amides is 1. The third-order valence-electron chi connectivity index (χ3n) is 1.98. The third-order valence-corrected chi connectivity index (χ3v) is 1.98. The number of carbonyl (C=O) groups is 1. The van der Waals surface area contributed by atoms with Gasteiger partial charge in [-0.1, -0.05) is 13.3 Å². The largest absolute Gasteiger partial charge is 0.448 e. The molecule has 1 atom stereocenters. The van der Waals surface area contributed by atoms with Crippen molar-refractivity contribution in [1.29, 1.82) is 0 Å². The van der Waals surface area contributed by atoms with Crippen LogP contribution in [-0.2, 0) is 4.74 Å². The van der Waals surface area contributed by atoms with E-state index in [0.717, 1.165) is 19.3 Å². The summed E-state index contributed by atoms with van der Waals surface area (Å²) in [6.07, 6.45) is 4.19. The van der Waals surface area contributed by atoms with Crippen LogP contribution in [-0.4, -0.2) is 30.0 Å². The van der Waals surface area contributed by atoms with Gasteiger partial charge in [-0.2, -0.15) is 10.1 Å². The molecule has 1 heterocycles. The first-order chi connectivity index (χ1) is 6.25. The van der Waals surface area contributed by atoms with E-state index in [1.807, 2.05) is 6.92 Å². The van der Waals surface area contributed by atoms with E-state index >= 15 is 0 Å². The Labute approximate surface area is 78.6 Å². The van der Waals surface area contributed by atoms with E-state index in [4.69, 9.17) is 4.74 Å². The Hall–Kier alpha value is -1.06. The smallest absolute Gasteiger partial charge is 0.430 e. The molecule has 1 aliphatic heterocycles. The summed E-state index contributed by atoms with van der Waals surface area (Å²) in [6.45, 7) is 4.51. The fourth-order valence-electron chi connectivity index (χ4n) is 1.10. The van der Waals surface area contributed by atoms with E-state index in [9.17, 15) is 4.79 Å². The van der Waals surface area contributed by atoms with Gasteiger partial charge in [0, 0.05) is 12.6 Å². The maximum absolute atomic E-state index is 11.3. The molecule has 1 rings (SSSR count). The topological polar surface area (TPSA) is 41.9 Å². The molecule has 0 aliphatic carbocycles. The molecule has 4 heteroatoms. The normalized spacial score (nSPS) is 20.8. The Kier molecular flexibility index (Phi) is 3.73. The Bertz CT molecular complexity index is 204. The first-order valence-corrected chi connectivity index (χ1v) is 4.74. The highest BCUT2D eigenvalue weighted by Gasteiger charge is 2.23. The van der Waals surface area contributed by atoms with Crippen molar-refractivity contribution in [2.75, 3.05) is 6.61 Å². The van der Waals surface area contributed by atoms with E-state index in [-0.39, 0.29) is 12.1 Å². The lowest BCUT2D eigenvalue weighted by Crippen LogP contribution is -2.31. The van der Waals surface area contributed by atoms with Crippen LogP contribution in [0.25, 0.3) is 0 Å². The molecule has 0 bridgehead atoms. The van der Waals surface area contributed by atoms with Crippen LogP contribution >= 0.6 is 0 Å². The van der Waals surface area contributed by atoms with E-state index in [2.05, 4.69) is 12.0 Å². The lowest BCUT2D eigenvalue weighted by molar-refractivity contribution is 0.0946. The Balaban J connectivity index is 2.26. The Morgan fingerprint density at radius 1 is 1.77 bits per heavy atom. The SMILES string of the molecule is CCCCOC(=O)N1N=CCC1C. The van der Waals surface area contributed by atoms with Gasteiger partial charge in [0.25, 0.3) is 0 Å². The monoisotopic (exact) mass is 184 g/mol. The molecule has 1 unspecified atom stereocenters. The zero-order valence-corrected chi connectivity index (χ0v) is 8.19. The summed E-state index contributed by atoms with van der Waals surface area (Å²) in [7, 11) is 0. The average molecular weight is 184 g/mol. The van der Waals surface area contributed by atoms with Crippen LogP contribution < -0.4 is 0 Å². The molecule has 1 amide bonds. The van der Waals surface area contributed by atoms with Crippen molar-refractivity contribution in [3.05, 3.63) is 0 Å². The molecule has 0 fully saturated rings. The minimum absolute atomic E-state index is 0.147. The highest BCUT2D eigenvalue weighted by atomic mass is 16.6. The molecule has 0 saturated heterocycles. The molecule has 0 N–H and O–H groups in total. The maximum atomic E-state index is 11.3.